The minimum Gasteiger partial charge on any atom is -0.481 e. The first-order valence-corrected chi connectivity index (χ1v) is 8.34. The summed E-state index contributed by atoms with van der Waals surface area (Å²) in [6.45, 7) is 1.21. The van der Waals surface area contributed by atoms with Gasteiger partial charge in [0.25, 0.3) is 0 Å². The Kier molecular flexibility index (Phi) is 4.87. The van der Waals surface area contributed by atoms with Crippen molar-refractivity contribution in [2.45, 2.75) is 25.7 Å². The second-order valence-electron chi connectivity index (χ2n) is 6.34. The molecule has 0 aromatic heterocycles. The average Bonchev–Trinajstić information content (AvgIpc) is 3.01. The highest BCUT2D eigenvalue weighted by molar-refractivity contribution is 5.96. The van der Waals surface area contributed by atoms with Gasteiger partial charge in [0.05, 0.1) is 11.6 Å². The van der Waals surface area contributed by atoms with Gasteiger partial charge in [-0.2, -0.15) is 0 Å². The van der Waals surface area contributed by atoms with Crippen LogP contribution in [-0.2, 0) is 9.59 Å². The second kappa shape index (κ2) is 7.08. The molecule has 0 spiro atoms. The Morgan fingerprint density at radius 2 is 1.92 bits per heavy atom. The number of rotatable bonds is 3. The number of carbonyl (C=O) groups is 3. The number of piperidine rings is 1. The standard InChI is InChI=1S/C17H20FN3O4/c18-13-10-12(3-4-14(13)21-7-1-2-15(21)22)19-17(25)20-8-5-11(6-9-20)16(23)24/h3-4,10-11H,1-2,5-9H2,(H,19,25)(H,23,24). The highest BCUT2D eigenvalue weighted by Crippen LogP contribution is 2.27. The lowest BCUT2D eigenvalue weighted by Gasteiger charge is -2.30. The third kappa shape index (κ3) is 3.72. The molecule has 1 aromatic rings. The number of hydrogen-bond acceptors (Lipinski definition) is 3. The number of anilines is 2. The molecule has 0 saturated carbocycles. The van der Waals surface area contributed by atoms with E-state index in [4.69, 9.17) is 5.11 Å². The van der Waals surface area contributed by atoms with Gasteiger partial charge < -0.3 is 20.2 Å². The van der Waals surface area contributed by atoms with Crippen molar-refractivity contribution in [2.75, 3.05) is 29.9 Å². The molecule has 3 rings (SSSR count). The topological polar surface area (TPSA) is 89.9 Å². The Labute approximate surface area is 144 Å². The largest absolute Gasteiger partial charge is 0.481 e. The molecule has 2 N–H and O–H groups in total. The Hall–Kier alpha value is -2.64. The normalized spacial score (nSPS) is 18.5. The lowest BCUT2D eigenvalue weighted by molar-refractivity contribution is -0.143. The number of nitrogens with zero attached hydrogens (tertiary/aromatic N) is 2. The first-order valence-electron chi connectivity index (χ1n) is 8.34. The molecule has 2 heterocycles. The Morgan fingerprint density at radius 3 is 2.48 bits per heavy atom. The second-order valence-corrected chi connectivity index (χ2v) is 6.34. The number of aliphatic carboxylic acids is 1. The number of likely N-dealkylation sites (tertiary alicyclic amines) is 1. The van der Waals surface area contributed by atoms with Crippen molar-refractivity contribution in [1.29, 1.82) is 0 Å². The van der Waals surface area contributed by atoms with E-state index in [2.05, 4.69) is 5.32 Å². The van der Waals surface area contributed by atoms with Crippen LogP contribution in [-0.4, -0.2) is 47.5 Å². The van der Waals surface area contributed by atoms with Crippen LogP contribution in [0.15, 0.2) is 18.2 Å². The zero-order valence-electron chi connectivity index (χ0n) is 13.7. The van der Waals surface area contributed by atoms with Crippen molar-refractivity contribution in [1.82, 2.24) is 4.90 Å². The smallest absolute Gasteiger partial charge is 0.321 e. The van der Waals surface area contributed by atoms with Crippen molar-refractivity contribution < 1.29 is 23.9 Å². The van der Waals surface area contributed by atoms with Crippen LogP contribution in [0.5, 0.6) is 0 Å². The molecule has 2 aliphatic rings. The summed E-state index contributed by atoms with van der Waals surface area (Å²) in [6.07, 6.45) is 1.95. The summed E-state index contributed by atoms with van der Waals surface area (Å²) >= 11 is 0. The summed E-state index contributed by atoms with van der Waals surface area (Å²) in [5, 5.41) is 11.6. The first kappa shape index (κ1) is 17.2. The number of amides is 3. The van der Waals surface area contributed by atoms with Crippen LogP contribution in [0.4, 0.5) is 20.6 Å². The fraction of sp³-hybridized carbons (Fsp3) is 0.471. The third-order valence-electron chi connectivity index (χ3n) is 4.69. The van der Waals surface area contributed by atoms with Crippen molar-refractivity contribution >= 4 is 29.3 Å². The van der Waals surface area contributed by atoms with Crippen LogP contribution in [0, 0.1) is 11.7 Å². The SMILES string of the molecule is O=C(O)C1CCN(C(=O)Nc2ccc(N3CCCC3=O)c(F)c2)CC1. The van der Waals surface area contributed by atoms with Crippen LogP contribution < -0.4 is 10.2 Å². The predicted octanol–water partition coefficient (Wildman–Crippen LogP) is 2.28. The zero-order valence-corrected chi connectivity index (χ0v) is 13.7. The summed E-state index contributed by atoms with van der Waals surface area (Å²) in [7, 11) is 0. The van der Waals surface area contributed by atoms with Gasteiger partial charge in [-0.05, 0) is 37.5 Å². The van der Waals surface area contributed by atoms with Crippen LogP contribution in [0.2, 0.25) is 0 Å². The molecule has 2 saturated heterocycles. The van der Waals surface area contributed by atoms with E-state index in [-0.39, 0.29) is 17.6 Å². The van der Waals surface area contributed by atoms with Gasteiger partial charge in [-0.1, -0.05) is 0 Å². The molecule has 25 heavy (non-hydrogen) atoms. The minimum atomic E-state index is -0.839. The number of carboxylic acids is 1. The van der Waals surface area contributed by atoms with Crippen LogP contribution >= 0.6 is 0 Å². The van der Waals surface area contributed by atoms with Crippen molar-refractivity contribution in [2.24, 2.45) is 5.92 Å². The highest BCUT2D eigenvalue weighted by atomic mass is 19.1. The molecule has 134 valence electrons. The summed E-state index contributed by atoms with van der Waals surface area (Å²) < 4.78 is 14.3. The molecule has 3 amide bonds. The Morgan fingerprint density at radius 1 is 1.20 bits per heavy atom. The fourth-order valence-electron chi connectivity index (χ4n) is 3.24. The fourth-order valence-corrected chi connectivity index (χ4v) is 3.24. The van der Waals surface area contributed by atoms with Crippen molar-refractivity contribution in [3.8, 4) is 0 Å². The number of benzene rings is 1. The van der Waals surface area contributed by atoms with Gasteiger partial charge in [-0.3, -0.25) is 9.59 Å². The van der Waals surface area contributed by atoms with E-state index in [1.165, 1.54) is 21.9 Å². The monoisotopic (exact) mass is 349 g/mol. The quantitative estimate of drug-likeness (QED) is 0.876. The number of carbonyl (C=O) groups excluding carboxylic acids is 2. The minimum absolute atomic E-state index is 0.100. The maximum Gasteiger partial charge on any atom is 0.321 e. The molecular weight excluding hydrogens is 329 g/mol. The summed E-state index contributed by atoms with van der Waals surface area (Å²) in [6, 6.07) is 3.87. The van der Waals surface area contributed by atoms with Gasteiger partial charge in [0.2, 0.25) is 5.91 Å². The zero-order chi connectivity index (χ0) is 18.0. The molecule has 0 atom stereocenters. The van der Waals surface area contributed by atoms with Gasteiger partial charge in [-0.15, -0.1) is 0 Å². The number of halogens is 1. The molecular formula is C17H20FN3O4. The molecule has 2 fully saturated rings. The maximum atomic E-state index is 14.3. The number of hydrogen-bond donors (Lipinski definition) is 2. The van der Waals surface area contributed by atoms with Gasteiger partial charge in [0.1, 0.15) is 5.82 Å². The van der Waals surface area contributed by atoms with Gasteiger partial charge in [0.15, 0.2) is 0 Å². The van der Waals surface area contributed by atoms with E-state index in [9.17, 15) is 18.8 Å². The van der Waals surface area contributed by atoms with Crippen molar-refractivity contribution in [3.63, 3.8) is 0 Å². The molecule has 0 unspecified atom stereocenters. The number of carboxylic acid groups (broad SMARTS) is 1. The lowest BCUT2D eigenvalue weighted by atomic mass is 9.97. The van der Waals surface area contributed by atoms with Gasteiger partial charge in [-0.25, -0.2) is 9.18 Å². The van der Waals surface area contributed by atoms with E-state index in [1.807, 2.05) is 0 Å². The number of urea groups is 1. The molecule has 2 aliphatic heterocycles. The molecule has 8 heteroatoms. The molecule has 1 aromatic carbocycles. The lowest BCUT2D eigenvalue weighted by Crippen LogP contribution is -2.42. The molecule has 7 nitrogen and oxygen atoms in total. The molecule has 0 bridgehead atoms. The van der Waals surface area contributed by atoms with Gasteiger partial charge >= 0.3 is 12.0 Å². The van der Waals surface area contributed by atoms with E-state index in [1.54, 1.807) is 6.07 Å². The Balaban J connectivity index is 1.61. The number of nitrogens with one attached hydrogen (secondary N) is 1. The molecule has 0 aliphatic carbocycles. The van der Waals surface area contributed by atoms with Gasteiger partial charge in [0, 0.05) is 31.7 Å². The summed E-state index contributed by atoms with van der Waals surface area (Å²) in [4.78, 5) is 37.8. The van der Waals surface area contributed by atoms with E-state index in [0.717, 1.165) is 0 Å². The van der Waals surface area contributed by atoms with Crippen molar-refractivity contribution in [3.05, 3.63) is 24.0 Å². The maximum absolute atomic E-state index is 14.3. The van der Waals surface area contributed by atoms with E-state index < -0.39 is 17.7 Å². The van der Waals surface area contributed by atoms with E-state index in [0.29, 0.717) is 51.0 Å². The van der Waals surface area contributed by atoms with Crippen LogP contribution in [0.25, 0.3) is 0 Å². The third-order valence-corrected chi connectivity index (χ3v) is 4.69. The van der Waals surface area contributed by atoms with Crippen LogP contribution in [0.1, 0.15) is 25.7 Å². The Bertz CT molecular complexity index is 701. The van der Waals surface area contributed by atoms with Crippen LogP contribution in [0.3, 0.4) is 0 Å². The highest BCUT2D eigenvalue weighted by Gasteiger charge is 2.27. The summed E-state index contributed by atoms with van der Waals surface area (Å²) in [5.74, 6) is -1.91. The average molecular weight is 349 g/mol. The van der Waals surface area contributed by atoms with E-state index >= 15 is 0 Å². The summed E-state index contributed by atoms with van der Waals surface area (Å²) in [5.41, 5.74) is 0.529. The molecule has 0 radical (unpaired) electrons. The first-order chi connectivity index (χ1) is 12.0. The predicted molar refractivity (Wildman–Crippen MR) is 88.9 cm³/mol.